The van der Waals surface area contributed by atoms with Gasteiger partial charge in [-0.05, 0) is 55.3 Å². The number of hydrogen-bond donors (Lipinski definition) is 2. The molecule has 3 aromatic rings. The first kappa shape index (κ1) is 25.8. The molecule has 0 bridgehead atoms. The highest BCUT2D eigenvalue weighted by molar-refractivity contribution is 6.07. The van der Waals surface area contributed by atoms with Gasteiger partial charge in [-0.25, -0.2) is 0 Å². The predicted octanol–water partition coefficient (Wildman–Crippen LogP) is 5.64. The minimum absolute atomic E-state index is 0.00472. The Labute approximate surface area is 201 Å². The van der Waals surface area contributed by atoms with Gasteiger partial charge in [-0.15, -0.1) is 0 Å². The van der Waals surface area contributed by atoms with Crippen molar-refractivity contribution in [3.63, 3.8) is 0 Å². The van der Waals surface area contributed by atoms with Crippen LogP contribution < -0.4 is 10.6 Å². The molecule has 0 saturated carbocycles. The van der Waals surface area contributed by atoms with Crippen LogP contribution in [0.25, 0.3) is 0 Å². The Kier molecular flexibility index (Phi) is 7.04. The number of anilines is 2. The molecule has 36 heavy (non-hydrogen) atoms. The molecular weight excluding hydrogens is 485 g/mol. The van der Waals surface area contributed by atoms with Crippen molar-refractivity contribution in [1.82, 2.24) is 0 Å². The van der Waals surface area contributed by atoms with Crippen LogP contribution in [0.15, 0.2) is 54.6 Å². The van der Waals surface area contributed by atoms with Crippen molar-refractivity contribution in [3.05, 3.63) is 103 Å². The first-order valence-electron chi connectivity index (χ1n) is 10.1. The fourth-order valence-electron chi connectivity index (χ4n) is 3.36. The van der Waals surface area contributed by atoms with Crippen LogP contribution >= 0.6 is 0 Å². The molecule has 0 heterocycles. The summed E-state index contributed by atoms with van der Waals surface area (Å²) in [5, 5.41) is 26.4. The van der Waals surface area contributed by atoms with Crippen molar-refractivity contribution in [2.75, 3.05) is 10.6 Å². The topological polar surface area (TPSA) is 144 Å². The summed E-state index contributed by atoms with van der Waals surface area (Å²) in [5.41, 5.74) is -1.77. The van der Waals surface area contributed by atoms with Crippen molar-refractivity contribution in [3.8, 4) is 0 Å². The van der Waals surface area contributed by atoms with Crippen molar-refractivity contribution in [1.29, 1.82) is 0 Å². The second-order valence-corrected chi connectivity index (χ2v) is 7.72. The number of halogens is 3. The average molecular weight is 502 g/mol. The van der Waals surface area contributed by atoms with Crippen LogP contribution in [0, 0.1) is 34.1 Å². The fourth-order valence-corrected chi connectivity index (χ4v) is 3.36. The highest BCUT2D eigenvalue weighted by Crippen LogP contribution is 2.34. The summed E-state index contributed by atoms with van der Waals surface area (Å²) in [6.07, 6.45) is -4.81. The van der Waals surface area contributed by atoms with E-state index in [4.69, 9.17) is 0 Å². The van der Waals surface area contributed by atoms with Gasteiger partial charge in [0.25, 0.3) is 23.2 Å². The number of nitrogens with zero attached hydrogens (tertiary/aromatic N) is 2. The monoisotopic (exact) mass is 502 g/mol. The molecule has 0 unspecified atom stereocenters. The van der Waals surface area contributed by atoms with E-state index in [2.05, 4.69) is 10.6 Å². The zero-order chi connectivity index (χ0) is 26.8. The van der Waals surface area contributed by atoms with Crippen LogP contribution in [-0.2, 0) is 6.18 Å². The number of aryl methyl sites for hydroxylation is 2. The summed E-state index contributed by atoms with van der Waals surface area (Å²) in [4.78, 5) is 45.8. The molecule has 0 spiro atoms. The summed E-state index contributed by atoms with van der Waals surface area (Å²) in [6, 6.07) is 9.28. The standard InChI is InChI=1S/C23H17F3N4O6/c1-12-7-17(29(33)34)3-5-19(12)21(31)27-15-9-14(23(24,25)26)10-16(11-15)28-22(32)20-6-4-18(30(35)36)8-13(20)2/h3-11H,1-2H3,(H,27,31)(H,28,32). The van der Waals surface area contributed by atoms with E-state index in [0.717, 1.165) is 30.3 Å². The number of carbonyl (C=O) groups is 2. The molecule has 13 heteroatoms. The maximum Gasteiger partial charge on any atom is 0.416 e. The second kappa shape index (κ2) is 9.82. The third kappa shape index (κ3) is 5.81. The van der Waals surface area contributed by atoms with E-state index in [1.54, 1.807) is 0 Å². The van der Waals surface area contributed by atoms with E-state index in [0.29, 0.717) is 12.1 Å². The first-order chi connectivity index (χ1) is 16.8. The molecule has 0 aromatic heterocycles. The number of nitro groups is 2. The third-order valence-electron chi connectivity index (χ3n) is 5.11. The Hall–Kier alpha value is -4.81. The lowest BCUT2D eigenvalue weighted by molar-refractivity contribution is -0.385. The maximum absolute atomic E-state index is 13.5. The normalized spacial score (nSPS) is 11.0. The number of amides is 2. The Morgan fingerprint density at radius 3 is 1.42 bits per heavy atom. The number of nitro benzene ring substituents is 2. The van der Waals surface area contributed by atoms with Gasteiger partial charge in [0.05, 0.1) is 15.4 Å². The molecule has 3 rings (SSSR count). The van der Waals surface area contributed by atoms with Crippen LogP contribution in [0.5, 0.6) is 0 Å². The third-order valence-corrected chi connectivity index (χ3v) is 5.11. The van der Waals surface area contributed by atoms with Crippen molar-refractivity contribution >= 4 is 34.6 Å². The Balaban J connectivity index is 1.92. The number of benzene rings is 3. The molecular formula is C23H17F3N4O6. The molecule has 0 fully saturated rings. The van der Waals surface area contributed by atoms with E-state index in [1.807, 2.05) is 0 Å². The minimum Gasteiger partial charge on any atom is -0.322 e. The van der Waals surface area contributed by atoms with E-state index in [9.17, 15) is 43.0 Å². The lowest BCUT2D eigenvalue weighted by Gasteiger charge is -2.15. The molecule has 0 atom stereocenters. The lowest BCUT2D eigenvalue weighted by atomic mass is 10.1. The number of carbonyl (C=O) groups excluding carboxylic acids is 2. The van der Waals surface area contributed by atoms with Gasteiger partial charge < -0.3 is 10.6 Å². The number of hydrogen-bond acceptors (Lipinski definition) is 6. The van der Waals surface area contributed by atoms with E-state index < -0.39 is 33.4 Å². The van der Waals surface area contributed by atoms with Gasteiger partial charge in [-0.3, -0.25) is 29.8 Å². The maximum atomic E-state index is 13.5. The first-order valence-corrected chi connectivity index (χ1v) is 10.1. The summed E-state index contributed by atoms with van der Waals surface area (Å²) >= 11 is 0. The number of rotatable bonds is 6. The Bertz CT molecular complexity index is 1310. The zero-order valence-corrected chi connectivity index (χ0v) is 18.7. The molecule has 2 N–H and O–H groups in total. The van der Waals surface area contributed by atoms with Gasteiger partial charge in [0.1, 0.15) is 0 Å². The van der Waals surface area contributed by atoms with Crippen molar-refractivity contribution in [2.24, 2.45) is 0 Å². The molecule has 0 aliphatic carbocycles. The quantitative estimate of drug-likeness (QED) is 0.329. The highest BCUT2D eigenvalue weighted by Gasteiger charge is 2.32. The van der Waals surface area contributed by atoms with Gasteiger partial charge in [-0.1, -0.05) is 0 Å². The molecule has 0 radical (unpaired) electrons. The van der Waals surface area contributed by atoms with Crippen LogP contribution in [0.4, 0.5) is 35.9 Å². The van der Waals surface area contributed by atoms with Crippen molar-refractivity contribution in [2.45, 2.75) is 20.0 Å². The van der Waals surface area contributed by atoms with Gasteiger partial charge in [-0.2, -0.15) is 13.2 Å². The zero-order valence-electron chi connectivity index (χ0n) is 18.7. The fraction of sp³-hybridized carbons (Fsp3) is 0.130. The molecule has 0 saturated heterocycles. The summed E-state index contributed by atoms with van der Waals surface area (Å²) < 4.78 is 40.5. The summed E-state index contributed by atoms with van der Waals surface area (Å²) in [6.45, 7) is 2.87. The van der Waals surface area contributed by atoms with Gasteiger partial charge in [0.15, 0.2) is 0 Å². The van der Waals surface area contributed by atoms with Crippen molar-refractivity contribution < 1.29 is 32.6 Å². The highest BCUT2D eigenvalue weighted by atomic mass is 19.4. The smallest absolute Gasteiger partial charge is 0.322 e. The Morgan fingerprint density at radius 2 is 1.11 bits per heavy atom. The number of nitrogens with one attached hydrogen (secondary N) is 2. The second-order valence-electron chi connectivity index (χ2n) is 7.72. The molecule has 0 aliphatic heterocycles. The SMILES string of the molecule is Cc1cc([N+](=O)[O-])ccc1C(=O)Nc1cc(NC(=O)c2ccc([N+](=O)[O-])cc2C)cc(C(F)(F)F)c1. The molecule has 2 amide bonds. The summed E-state index contributed by atoms with van der Waals surface area (Å²) in [5.74, 6) is -1.63. The van der Waals surface area contributed by atoms with Gasteiger partial charge in [0.2, 0.25) is 0 Å². The molecule has 10 nitrogen and oxygen atoms in total. The van der Waals surface area contributed by atoms with E-state index in [-0.39, 0.29) is 45.0 Å². The van der Waals surface area contributed by atoms with Gasteiger partial charge >= 0.3 is 6.18 Å². The average Bonchev–Trinajstić information content (AvgIpc) is 2.77. The lowest BCUT2D eigenvalue weighted by Crippen LogP contribution is -2.17. The predicted molar refractivity (Wildman–Crippen MR) is 123 cm³/mol. The van der Waals surface area contributed by atoms with Crippen LogP contribution in [0.1, 0.15) is 37.4 Å². The summed E-state index contributed by atoms with van der Waals surface area (Å²) in [7, 11) is 0. The van der Waals surface area contributed by atoms with Gasteiger partial charge in [0, 0.05) is 46.8 Å². The van der Waals surface area contributed by atoms with E-state index >= 15 is 0 Å². The molecule has 186 valence electrons. The van der Waals surface area contributed by atoms with Crippen LogP contribution in [-0.4, -0.2) is 21.7 Å². The minimum atomic E-state index is -4.81. The number of alkyl halides is 3. The largest absolute Gasteiger partial charge is 0.416 e. The number of non-ortho nitro benzene ring substituents is 2. The Morgan fingerprint density at radius 1 is 0.722 bits per heavy atom. The van der Waals surface area contributed by atoms with Crippen LogP contribution in [0.3, 0.4) is 0 Å². The van der Waals surface area contributed by atoms with E-state index in [1.165, 1.54) is 26.0 Å². The molecule has 0 aliphatic rings. The van der Waals surface area contributed by atoms with Crippen LogP contribution in [0.2, 0.25) is 0 Å². The molecule has 3 aromatic carbocycles.